The highest BCUT2D eigenvalue weighted by Crippen LogP contribution is 2.21. The maximum atomic E-state index is 11.8. The summed E-state index contributed by atoms with van der Waals surface area (Å²) in [4.78, 5) is 12.9. The normalized spacial score (nSPS) is 10.8. The summed E-state index contributed by atoms with van der Waals surface area (Å²) in [6.07, 6.45) is 0. The number of rotatable bonds is 6. The maximum Gasteiger partial charge on any atom is 0.360 e. The van der Waals surface area contributed by atoms with Gasteiger partial charge in [-0.25, -0.2) is 9.48 Å². The Morgan fingerprint density at radius 2 is 2.30 bits per heavy atom. The Bertz CT molecular complexity index is 597. The van der Waals surface area contributed by atoms with Gasteiger partial charge in [-0.15, -0.1) is 16.4 Å². The number of thiophene rings is 1. The van der Waals surface area contributed by atoms with Crippen LogP contribution in [0.4, 0.5) is 0 Å². The summed E-state index contributed by atoms with van der Waals surface area (Å²) in [5.41, 5.74) is 0.939. The lowest BCUT2D eigenvalue weighted by Crippen LogP contribution is -2.12. The molecule has 0 radical (unpaired) electrons. The van der Waals surface area contributed by atoms with Crippen molar-refractivity contribution in [1.29, 1.82) is 0 Å². The third-order valence-electron chi connectivity index (χ3n) is 2.62. The quantitative estimate of drug-likeness (QED) is 0.584. The molecule has 0 bridgehead atoms. The van der Waals surface area contributed by atoms with Crippen LogP contribution >= 0.6 is 27.3 Å². The molecule has 20 heavy (non-hydrogen) atoms. The van der Waals surface area contributed by atoms with Crippen molar-refractivity contribution in [2.75, 3.05) is 20.3 Å². The van der Waals surface area contributed by atoms with Crippen LogP contribution in [-0.4, -0.2) is 41.3 Å². The fourth-order valence-electron chi connectivity index (χ4n) is 1.57. The molecule has 2 aromatic heterocycles. The van der Waals surface area contributed by atoms with Gasteiger partial charge in [0, 0.05) is 21.8 Å². The van der Waals surface area contributed by atoms with E-state index in [1.54, 1.807) is 30.1 Å². The molecule has 0 saturated heterocycles. The molecule has 0 spiro atoms. The van der Waals surface area contributed by atoms with Crippen LogP contribution in [-0.2, 0) is 16.0 Å². The molecule has 0 fully saturated rings. The van der Waals surface area contributed by atoms with Crippen molar-refractivity contribution in [1.82, 2.24) is 15.0 Å². The molecule has 8 heteroatoms. The van der Waals surface area contributed by atoms with Gasteiger partial charge in [-0.3, -0.25) is 0 Å². The van der Waals surface area contributed by atoms with Gasteiger partial charge in [0.1, 0.15) is 6.61 Å². The number of hydrogen-bond acceptors (Lipinski definition) is 6. The van der Waals surface area contributed by atoms with E-state index >= 15 is 0 Å². The first kappa shape index (κ1) is 15.1. The topological polar surface area (TPSA) is 66.2 Å². The van der Waals surface area contributed by atoms with Crippen molar-refractivity contribution in [3.63, 3.8) is 0 Å². The second-order valence-corrected chi connectivity index (χ2v) is 5.95. The van der Waals surface area contributed by atoms with Crippen LogP contribution in [0.1, 0.15) is 21.1 Å². The van der Waals surface area contributed by atoms with Gasteiger partial charge in [-0.05, 0) is 28.9 Å². The monoisotopic (exact) mass is 359 g/mol. The van der Waals surface area contributed by atoms with Crippen LogP contribution in [0.15, 0.2) is 15.9 Å². The minimum Gasteiger partial charge on any atom is -0.458 e. The first-order chi connectivity index (χ1) is 9.61. The minimum absolute atomic E-state index is 0.208. The van der Waals surface area contributed by atoms with E-state index in [2.05, 4.69) is 26.2 Å². The zero-order valence-electron chi connectivity index (χ0n) is 11.1. The number of methoxy groups -OCH3 is 1. The van der Waals surface area contributed by atoms with Crippen LogP contribution in [0.5, 0.6) is 0 Å². The van der Waals surface area contributed by atoms with Crippen molar-refractivity contribution in [3.05, 3.63) is 32.2 Å². The Balaban J connectivity index is 2.04. The van der Waals surface area contributed by atoms with E-state index in [0.717, 1.165) is 9.35 Å². The lowest BCUT2D eigenvalue weighted by atomic mass is 10.3. The average Bonchev–Trinajstić information content (AvgIpc) is 2.98. The molecule has 0 unspecified atom stereocenters. The van der Waals surface area contributed by atoms with Crippen molar-refractivity contribution < 1.29 is 14.3 Å². The van der Waals surface area contributed by atoms with E-state index in [-0.39, 0.29) is 12.3 Å². The highest BCUT2D eigenvalue weighted by atomic mass is 79.9. The second-order valence-electron chi connectivity index (χ2n) is 4.04. The highest BCUT2D eigenvalue weighted by Gasteiger charge is 2.18. The van der Waals surface area contributed by atoms with Gasteiger partial charge in [0.15, 0.2) is 5.69 Å². The summed E-state index contributed by atoms with van der Waals surface area (Å²) >= 11 is 5.03. The summed E-state index contributed by atoms with van der Waals surface area (Å²) in [6.45, 7) is 2.96. The fraction of sp³-hybridized carbons (Fsp3) is 0.417. The number of aromatic nitrogens is 3. The van der Waals surface area contributed by atoms with Crippen molar-refractivity contribution in [2.45, 2.75) is 13.5 Å². The number of halogens is 1. The fourth-order valence-corrected chi connectivity index (χ4v) is 3.00. The predicted molar refractivity (Wildman–Crippen MR) is 78.0 cm³/mol. The maximum absolute atomic E-state index is 11.8. The Morgan fingerprint density at radius 1 is 1.50 bits per heavy atom. The molecule has 0 atom stereocenters. The Morgan fingerprint density at radius 3 is 2.95 bits per heavy atom. The lowest BCUT2D eigenvalue weighted by molar-refractivity contribution is 0.0380. The van der Waals surface area contributed by atoms with E-state index in [0.29, 0.717) is 18.8 Å². The first-order valence-corrected chi connectivity index (χ1v) is 7.58. The molecule has 108 valence electrons. The van der Waals surface area contributed by atoms with Gasteiger partial charge >= 0.3 is 5.97 Å². The summed E-state index contributed by atoms with van der Waals surface area (Å²) in [5, 5.41) is 9.88. The number of nitrogens with zero attached hydrogens (tertiary/aromatic N) is 3. The van der Waals surface area contributed by atoms with Crippen LogP contribution in [0.3, 0.4) is 0 Å². The Labute approximate surface area is 128 Å². The van der Waals surface area contributed by atoms with Crippen LogP contribution in [0.25, 0.3) is 0 Å². The SMILES string of the molecule is COCCOC(=O)c1nnn(Cc2cc(Br)cs2)c1C. The lowest BCUT2D eigenvalue weighted by Gasteiger charge is -2.03. The third kappa shape index (κ3) is 3.65. The molecule has 0 aromatic carbocycles. The standard InChI is InChI=1S/C12H14BrN3O3S/c1-8-11(12(17)19-4-3-18-2)14-15-16(8)6-10-5-9(13)7-20-10/h5,7H,3-4,6H2,1-2H3. The van der Waals surface area contributed by atoms with Crippen molar-refractivity contribution in [2.24, 2.45) is 0 Å². The van der Waals surface area contributed by atoms with Crippen LogP contribution < -0.4 is 0 Å². The van der Waals surface area contributed by atoms with E-state index < -0.39 is 5.97 Å². The van der Waals surface area contributed by atoms with Crippen molar-refractivity contribution in [3.8, 4) is 0 Å². The van der Waals surface area contributed by atoms with Gasteiger partial charge in [-0.1, -0.05) is 5.21 Å². The molecular formula is C12H14BrN3O3S. The number of carbonyl (C=O) groups is 1. The largest absolute Gasteiger partial charge is 0.458 e. The molecule has 0 amide bonds. The van der Waals surface area contributed by atoms with E-state index in [9.17, 15) is 4.79 Å². The van der Waals surface area contributed by atoms with Gasteiger partial charge < -0.3 is 9.47 Å². The predicted octanol–water partition coefficient (Wildman–Crippen LogP) is 2.26. The number of ether oxygens (including phenoxy) is 2. The number of esters is 1. The molecule has 6 nitrogen and oxygen atoms in total. The summed E-state index contributed by atoms with van der Waals surface area (Å²) in [7, 11) is 1.55. The average molecular weight is 360 g/mol. The molecule has 0 aliphatic rings. The third-order valence-corrected chi connectivity index (χ3v) is 4.31. The zero-order valence-corrected chi connectivity index (χ0v) is 13.5. The summed E-state index contributed by atoms with van der Waals surface area (Å²) in [5.74, 6) is -0.474. The van der Waals surface area contributed by atoms with E-state index in [1.165, 1.54) is 0 Å². The molecule has 2 rings (SSSR count). The van der Waals surface area contributed by atoms with Gasteiger partial charge in [0.2, 0.25) is 0 Å². The van der Waals surface area contributed by atoms with Gasteiger partial charge in [-0.2, -0.15) is 0 Å². The molecule has 0 saturated carbocycles. The number of carbonyl (C=O) groups excluding carboxylic acids is 1. The van der Waals surface area contributed by atoms with Crippen molar-refractivity contribution >= 4 is 33.2 Å². The van der Waals surface area contributed by atoms with E-state index in [4.69, 9.17) is 9.47 Å². The van der Waals surface area contributed by atoms with E-state index in [1.807, 2.05) is 11.4 Å². The highest BCUT2D eigenvalue weighted by molar-refractivity contribution is 9.10. The molecule has 0 aliphatic carbocycles. The van der Waals surface area contributed by atoms with Gasteiger partial charge in [0.05, 0.1) is 18.8 Å². The molecule has 2 heterocycles. The molecule has 0 aliphatic heterocycles. The summed E-state index contributed by atoms with van der Waals surface area (Å²) < 4.78 is 12.6. The number of hydrogen-bond donors (Lipinski definition) is 0. The molecular weight excluding hydrogens is 346 g/mol. The van der Waals surface area contributed by atoms with Crippen LogP contribution in [0, 0.1) is 6.92 Å². The molecule has 0 N–H and O–H groups in total. The minimum atomic E-state index is -0.474. The molecule has 2 aromatic rings. The summed E-state index contributed by atoms with van der Waals surface area (Å²) in [6, 6.07) is 2.02. The first-order valence-electron chi connectivity index (χ1n) is 5.91. The second kappa shape index (κ2) is 6.96. The Hall–Kier alpha value is -1.25. The smallest absolute Gasteiger partial charge is 0.360 e. The zero-order chi connectivity index (χ0) is 14.5. The van der Waals surface area contributed by atoms with Crippen LogP contribution in [0.2, 0.25) is 0 Å². The Kier molecular flexibility index (Phi) is 5.27. The van der Waals surface area contributed by atoms with Gasteiger partial charge in [0.25, 0.3) is 0 Å².